The van der Waals surface area contributed by atoms with Gasteiger partial charge >= 0.3 is 0 Å². The number of rotatable bonds is 4. The predicted molar refractivity (Wildman–Crippen MR) is 219 cm³/mol. The van der Waals surface area contributed by atoms with Gasteiger partial charge in [-0.2, -0.15) is 0 Å². The van der Waals surface area contributed by atoms with Gasteiger partial charge in [0.15, 0.2) is 9.79 Å². The van der Waals surface area contributed by atoms with Crippen LogP contribution in [0.5, 0.6) is 0 Å². The number of fused-ring (bicyclic) bond motifs is 12. The lowest BCUT2D eigenvalue weighted by Gasteiger charge is -2.12. The number of aromatic nitrogens is 3. The van der Waals surface area contributed by atoms with E-state index in [1.54, 1.807) is 6.20 Å². The molecule has 0 amide bonds. The molecule has 12 rings (SSSR count). The predicted octanol–water partition coefficient (Wildman–Crippen LogP) is 12.2. The molecule has 1 unspecified atom stereocenters. The fourth-order valence-electron chi connectivity index (χ4n) is 8.43. The summed E-state index contributed by atoms with van der Waals surface area (Å²) >= 11 is -1.42. The minimum Gasteiger partial charge on any atom is -0.606 e. The van der Waals surface area contributed by atoms with Crippen LogP contribution in [0.25, 0.3) is 98.9 Å². The van der Waals surface area contributed by atoms with Crippen molar-refractivity contribution >= 4 is 98.7 Å². The Morgan fingerprint density at radius 3 is 1.50 bits per heavy atom. The van der Waals surface area contributed by atoms with Gasteiger partial charge in [-0.05, 0) is 84.9 Å². The highest BCUT2D eigenvalue weighted by molar-refractivity contribution is 7.91. The zero-order valence-corrected chi connectivity index (χ0v) is 29.4. The van der Waals surface area contributed by atoms with Crippen LogP contribution >= 0.6 is 0 Å². The molecule has 1 atom stereocenters. The van der Waals surface area contributed by atoms with Crippen LogP contribution in [0.2, 0.25) is 0 Å². The number of pyridine rings is 1. The Morgan fingerprint density at radius 1 is 0.407 bits per heavy atom. The maximum absolute atomic E-state index is 14.5. The van der Waals surface area contributed by atoms with E-state index in [1.165, 1.54) is 0 Å². The standard InChI is InChI=1S/C47H27N3O3S/c51-54(30-15-17-42-35(25-30)32-7-1-4-10-40(32)49(42)28-13-19-45-37(23-28)34-9-3-6-12-44(34)52-45)31-16-18-43-36(26-31)33-8-2-5-11-41(33)50(43)29-14-20-46-38(24-29)39-27-48-22-21-47(39)53-46/h1-27H. The van der Waals surface area contributed by atoms with Gasteiger partial charge in [0.1, 0.15) is 22.3 Å². The summed E-state index contributed by atoms with van der Waals surface area (Å²) in [4.78, 5) is 5.86. The summed E-state index contributed by atoms with van der Waals surface area (Å²) in [6.45, 7) is 0. The molecule has 0 radical (unpaired) electrons. The van der Waals surface area contributed by atoms with Gasteiger partial charge in [0.05, 0.1) is 22.1 Å². The highest BCUT2D eigenvalue weighted by Crippen LogP contribution is 2.39. The summed E-state index contributed by atoms with van der Waals surface area (Å²) in [5.41, 5.74) is 9.73. The summed E-state index contributed by atoms with van der Waals surface area (Å²) < 4.78 is 31.3. The van der Waals surface area contributed by atoms with E-state index in [0.717, 1.165) is 109 Å². The summed E-state index contributed by atoms with van der Waals surface area (Å²) in [6.07, 6.45) is 3.61. The van der Waals surface area contributed by atoms with Crippen LogP contribution in [0.3, 0.4) is 0 Å². The molecular formula is C47H27N3O3S. The first-order valence-corrected chi connectivity index (χ1v) is 19.0. The molecule has 0 saturated carbocycles. The molecule has 0 aliphatic carbocycles. The molecule has 0 aliphatic rings. The second kappa shape index (κ2) is 11.1. The monoisotopic (exact) mass is 713 g/mol. The summed E-state index contributed by atoms with van der Waals surface area (Å²) in [7, 11) is 0. The second-order valence-electron chi connectivity index (χ2n) is 13.8. The zero-order chi connectivity index (χ0) is 35.5. The van der Waals surface area contributed by atoms with Gasteiger partial charge < -0.3 is 22.5 Å². The van der Waals surface area contributed by atoms with Gasteiger partial charge in [0.2, 0.25) is 0 Å². The molecule has 0 N–H and O–H groups in total. The first-order valence-electron chi connectivity index (χ1n) is 17.8. The Bertz CT molecular complexity index is 3260. The molecule has 7 aromatic carbocycles. The fourth-order valence-corrected chi connectivity index (χ4v) is 9.53. The van der Waals surface area contributed by atoms with Gasteiger partial charge in [0.25, 0.3) is 0 Å². The van der Waals surface area contributed by atoms with E-state index in [-0.39, 0.29) is 0 Å². The molecule has 54 heavy (non-hydrogen) atoms. The van der Waals surface area contributed by atoms with Crippen LogP contribution in [0.1, 0.15) is 0 Å². The lowest BCUT2D eigenvalue weighted by atomic mass is 10.1. The average molecular weight is 714 g/mol. The molecule has 0 fully saturated rings. The van der Waals surface area contributed by atoms with Crippen LogP contribution in [0.15, 0.2) is 183 Å². The van der Waals surface area contributed by atoms with Crippen LogP contribution in [-0.4, -0.2) is 18.7 Å². The van der Waals surface area contributed by atoms with E-state index in [0.29, 0.717) is 0 Å². The number of benzene rings is 7. The van der Waals surface area contributed by atoms with Crippen LogP contribution in [0.4, 0.5) is 0 Å². The molecule has 0 aliphatic heterocycles. The van der Waals surface area contributed by atoms with Crippen molar-refractivity contribution < 1.29 is 13.4 Å². The zero-order valence-electron chi connectivity index (χ0n) is 28.6. The van der Waals surface area contributed by atoms with Gasteiger partial charge in [-0.1, -0.05) is 54.6 Å². The Kier molecular flexibility index (Phi) is 6.12. The number of hydrogen-bond donors (Lipinski definition) is 0. The van der Waals surface area contributed by atoms with E-state index >= 15 is 0 Å². The smallest absolute Gasteiger partial charge is 0.159 e. The van der Waals surface area contributed by atoms with E-state index in [4.69, 9.17) is 8.83 Å². The lowest BCUT2D eigenvalue weighted by molar-refractivity contribution is 0.595. The first kappa shape index (κ1) is 29.7. The van der Waals surface area contributed by atoms with Crippen molar-refractivity contribution in [2.75, 3.05) is 0 Å². The maximum atomic E-state index is 14.5. The molecule has 7 heteroatoms. The fraction of sp³-hybridized carbons (Fsp3) is 0. The van der Waals surface area contributed by atoms with Crippen LogP contribution in [-0.2, 0) is 11.2 Å². The molecule has 12 aromatic rings. The Morgan fingerprint density at radius 2 is 0.889 bits per heavy atom. The number of nitrogens with zero attached hydrogens (tertiary/aromatic N) is 3. The topological polar surface area (TPSA) is 72.1 Å². The molecule has 254 valence electrons. The normalized spacial score (nSPS) is 12.8. The van der Waals surface area contributed by atoms with Gasteiger partial charge in [0, 0.05) is 90.2 Å². The summed E-state index contributed by atoms with van der Waals surface area (Å²) in [5, 5.41) is 8.51. The Hall–Kier alpha value is -6.80. The van der Waals surface area contributed by atoms with Gasteiger partial charge in [-0.15, -0.1) is 0 Å². The van der Waals surface area contributed by atoms with E-state index < -0.39 is 11.2 Å². The van der Waals surface area contributed by atoms with Gasteiger partial charge in [-0.25, -0.2) is 0 Å². The van der Waals surface area contributed by atoms with Crippen molar-refractivity contribution in [3.63, 3.8) is 0 Å². The lowest BCUT2D eigenvalue weighted by Crippen LogP contribution is -2.02. The largest absolute Gasteiger partial charge is 0.606 e. The minimum absolute atomic E-state index is 0.758. The van der Waals surface area contributed by atoms with Crippen molar-refractivity contribution in [2.24, 2.45) is 0 Å². The Labute approximate surface area is 310 Å². The molecule has 0 bridgehead atoms. The number of furan rings is 2. The molecule has 5 heterocycles. The molecule has 6 nitrogen and oxygen atoms in total. The second-order valence-corrected chi connectivity index (χ2v) is 15.2. The summed E-state index contributed by atoms with van der Waals surface area (Å²) in [5.74, 6) is 0. The third-order valence-electron chi connectivity index (χ3n) is 10.8. The van der Waals surface area contributed by atoms with Crippen molar-refractivity contribution in [2.45, 2.75) is 9.79 Å². The molecule has 5 aromatic heterocycles. The van der Waals surface area contributed by atoms with E-state index in [9.17, 15) is 4.55 Å². The van der Waals surface area contributed by atoms with Gasteiger partial charge in [-0.3, -0.25) is 4.98 Å². The van der Waals surface area contributed by atoms with Crippen molar-refractivity contribution in [3.8, 4) is 11.4 Å². The Balaban J connectivity index is 0.988. The number of para-hydroxylation sites is 3. The van der Waals surface area contributed by atoms with Crippen molar-refractivity contribution in [1.82, 2.24) is 14.1 Å². The highest BCUT2D eigenvalue weighted by atomic mass is 32.2. The molecule has 0 saturated heterocycles. The minimum atomic E-state index is -1.42. The third-order valence-corrected chi connectivity index (χ3v) is 12.2. The molecular weight excluding hydrogens is 687 g/mol. The number of hydrogen-bond acceptors (Lipinski definition) is 4. The van der Waals surface area contributed by atoms with E-state index in [2.05, 4.69) is 123 Å². The quantitative estimate of drug-likeness (QED) is 0.170. The van der Waals surface area contributed by atoms with Crippen molar-refractivity contribution in [1.29, 1.82) is 0 Å². The third kappa shape index (κ3) is 4.19. The maximum Gasteiger partial charge on any atom is 0.159 e. The van der Waals surface area contributed by atoms with Crippen LogP contribution in [0, 0.1) is 0 Å². The van der Waals surface area contributed by atoms with Crippen LogP contribution < -0.4 is 0 Å². The van der Waals surface area contributed by atoms with E-state index in [1.807, 2.05) is 48.7 Å². The van der Waals surface area contributed by atoms with Crippen molar-refractivity contribution in [3.05, 3.63) is 164 Å². The highest BCUT2D eigenvalue weighted by Gasteiger charge is 2.22. The SMILES string of the molecule is [O-][S+](c1ccc2c(c1)c1ccccc1n2-c1ccc2oc3ccccc3c2c1)c1ccc2c(c1)c1ccccc1n2-c1ccc2oc3ccncc3c2c1. The summed E-state index contributed by atoms with van der Waals surface area (Å²) in [6, 6.07) is 52.0. The molecule has 0 spiro atoms. The average Bonchev–Trinajstić information content (AvgIpc) is 3.97. The first-order chi connectivity index (χ1) is 26.7.